The van der Waals surface area contributed by atoms with Crippen LogP contribution in [-0.4, -0.2) is 52.3 Å². The van der Waals surface area contributed by atoms with Crippen LogP contribution in [0.3, 0.4) is 0 Å². The number of carbonyl (C=O) groups is 2. The Kier molecular flexibility index (Phi) is 8.44. The molecule has 0 heterocycles. The summed E-state index contributed by atoms with van der Waals surface area (Å²) >= 11 is 0. The highest BCUT2D eigenvalue weighted by Gasteiger charge is 2.11. The largest absolute Gasteiger partial charge is 0.497 e. The van der Waals surface area contributed by atoms with Gasteiger partial charge in [0.15, 0.2) is 0 Å². The van der Waals surface area contributed by atoms with E-state index in [4.69, 9.17) is 14.2 Å². The summed E-state index contributed by atoms with van der Waals surface area (Å²) in [6.45, 7) is 1.46. The van der Waals surface area contributed by atoms with Crippen molar-refractivity contribution in [2.75, 3.05) is 40.5 Å². The van der Waals surface area contributed by atoms with E-state index in [-0.39, 0.29) is 13.2 Å². The zero-order chi connectivity index (χ0) is 16.2. The third-order valence-electron chi connectivity index (χ3n) is 2.73. The summed E-state index contributed by atoms with van der Waals surface area (Å²) in [7, 11) is 3.17. The van der Waals surface area contributed by atoms with Crippen LogP contribution in [0.1, 0.15) is 6.42 Å². The van der Waals surface area contributed by atoms with Crippen molar-refractivity contribution in [3.8, 4) is 11.5 Å². The van der Waals surface area contributed by atoms with Crippen LogP contribution in [-0.2, 0) is 14.3 Å². The Labute approximate surface area is 129 Å². The molecule has 2 amide bonds. The van der Waals surface area contributed by atoms with Gasteiger partial charge in [-0.15, -0.1) is 0 Å². The first-order valence-electron chi connectivity index (χ1n) is 6.99. The van der Waals surface area contributed by atoms with Crippen molar-refractivity contribution in [2.24, 2.45) is 0 Å². The van der Waals surface area contributed by atoms with E-state index < -0.39 is 11.8 Å². The molecule has 0 unspecified atom stereocenters. The average molecular weight is 310 g/mol. The van der Waals surface area contributed by atoms with Gasteiger partial charge in [0, 0.05) is 20.3 Å². The highest BCUT2D eigenvalue weighted by Crippen LogP contribution is 2.16. The first-order chi connectivity index (χ1) is 10.7. The molecule has 122 valence electrons. The third-order valence-corrected chi connectivity index (χ3v) is 2.73. The number of benzene rings is 1. The molecule has 0 saturated carbocycles. The molecule has 0 aliphatic carbocycles. The number of ether oxygens (including phenoxy) is 3. The van der Waals surface area contributed by atoms with Crippen molar-refractivity contribution < 1.29 is 23.8 Å². The highest BCUT2D eigenvalue weighted by atomic mass is 16.5. The molecule has 1 rings (SSSR count). The second-order valence-corrected chi connectivity index (χ2v) is 4.38. The molecule has 0 aromatic heterocycles. The second kappa shape index (κ2) is 10.4. The third kappa shape index (κ3) is 6.94. The first kappa shape index (κ1) is 17.8. The molecule has 0 bridgehead atoms. The Balaban J connectivity index is 2.14. The van der Waals surface area contributed by atoms with Gasteiger partial charge >= 0.3 is 11.8 Å². The molecule has 0 atom stereocenters. The predicted molar refractivity (Wildman–Crippen MR) is 81.0 cm³/mol. The minimum Gasteiger partial charge on any atom is -0.497 e. The molecule has 7 nitrogen and oxygen atoms in total. The Morgan fingerprint density at radius 2 is 1.50 bits per heavy atom. The van der Waals surface area contributed by atoms with E-state index in [1.165, 1.54) is 0 Å². The molecular formula is C15H22N2O5. The number of nitrogens with one attached hydrogen (secondary N) is 2. The summed E-state index contributed by atoms with van der Waals surface area (Å²) in [6.07, 6.45) is 0.663. The lowest BCUT2D eigenvalue weighted by Crippen LogP contribution is -2.41. The minimum atomic E-state index is -0.671. The highest BCUT2D eigenvalue weighted by molar-refractivity contribution is 6.35. The van der Waals surface area contributed by atoms with Crippen molar-refractivity contribution in [3.05, 3.63) is 24.3 Å². The molecule has 0 aliphatic heterocycles. The Morgan fingerprint density at radius 3 is 2.09 bits per heavy atom. The van der Waals surface area contributed by atoms with Crippen molar-refractivity contribution in [1.29, 1.82) is 0 Å². The van der Waals surface area contributed by atoms with Crippen LogP contribution in [0.15, 0.2) is 24.3 Å². The summed E-state index contributed by atoms with van der Waals surface area (Å²) in [5, 5.41) is 4.99. The number of hydrogen-bond donors (Lipinski definition) is 2. The molecule has 2 N–H and O–H groups in total. The van der Waals surface area contributed by atoms with Gasteiger partial charge in [-0.25, -0.2) is 0 Å². The Hall–Kier alpha value is -2.28. The standard InChI is InChI=1S/C15H22N2O5/c1-20-10-3-8-16-14(18)15(19)17-9-11-22-13-6-4-12(21-2)5-7-13/h4-7H,3,8-11H2,1-2H3,(H,16,18)(H,17,19). The van der Waals surface area contributed by atoms with Gasteiger partial charge in [-0.1, -0.05) is 0 Å². The minimum absolute atomic E-state index is 0.246. The van der Waals surface area contributed by atoms with E-state index in [1.807, 2.05) is 0 Å². The second-order valence-electron chi connectivity index (χ2n) is 4.38. The molecular weight excluding hydrogens is 288 g/mol. The van der Waals surface area contributed by atoms with E-state index in [2.05, 4.69) is 10.6 Å². The SMILES string of the molecule is COCCCNC(=O)C(=O)NCCOc1ccc(OC)cc1. The number of carbonyl (C=O) groups excluding carboxylic acids is 2. The van der Waals surface area contributed by atoms with Crippen LogP contribution < -0.4 is 20.1 Å². The van der Waals surface area contributed by atoms with E-state index in [1.54, 1.807) is 38.5 Å². The molecule has 7 heteroatoms. The molecule has 1 aromatic rings. The van der Waals surface area contributed by atoms with E-state index >= 15 is 0 Å². The van der Waals surface area contributed by atoms with E-state index in [0.717, 1.165) is 5.75 Å². The van der Waals surface area contributed by atoms with Crippen molar-refractivity contribution >= 4 is 11.8 Å². The van der Waals surface area contributed by atoms with Gasteiger partial charge in [-0.2, -0.15) is 0 Å². The number of rotatable bonds is 9. The molecule has 0 saturated heterocycles. The zero-order valence-corrected chi connectivity index (χ0v) is 12.9. The monoisotopic (exact) mass is 310 g/mol. The summed E-state index contributed by atoms with van der Waals surface area (Å²) in [5.74, 6) is 0.0844. The number of amides is 2. The van der Waals surface area contributed by atoms with Crippen LogP contribution in [0.25, 0.3) is 0 Å². The average Bonchev–Trinajstić information content (AvgIpc) is 2.55. The van der Waals surface area contributed by atoms with Crippen LogP contribution in [0, 0.1) is 0 Å². The number of hydrogen-bond acceptors (Lipinski definition) is 5. The van der Waals surface area contributed by atoms with E-state index in [0.29, 0.717) is 25.3 Å². The lowest BCUT2D eigenvalue weighted by molar-refractivity contribution is -0.139. The normalized spacial score (nSPS) is 9.91. The lowest BCUT2D eigenvalue weighted by Gasteiger charge is -2.08. The van der Waals surface area contributed by atoms with Gasteiger partial charge in [-0.3, -0.25) is 9.59 Å². The summed E-state index contributed by atoms with van der Waals surface area (Å²) in [6, 6.07) is 7.09. The quantitative estimate of drug-likeness (QED) is 0.507. The molecule has 0 radical (unpaired) electrons. The number of methoxy groups -OCH3 is 2. The smallest absolute Gasteiger partial charge is 0.309 e. The molecule has 0 spiro atoms. The van der Waals surface area contributed by atoms with Gasteiger partial charge in [0.1, 0.15) is 18.1 Å². The van der Waals surface area contributed by atoms with Gasteiger partial charge in [-0.05, 0) is 30.7 Å². The van der Waals surface area contributed by atoms with Gasteiger partial charge in [0.25, 0.3) is 0 Å². The van der Waals surface area contributed by atoms with E-state index in [9.17, 15) is 9.59 Å². The summed E-state index contributed by atoms with van der Waals surface area (Å²) in [4.78, 5) is 22.9. The molecule has 1 aromatic carbocycles. The van der Waals surface area contributed by atoms with Gasteiger partial charge in [0.2, 0.25) is 0 Å². The van der Waals surface area contributed by atoms with Crippen LogP contribution in [0.4, 0.5) is 0 Å². The maximum atomic E-state index is 11.5. The van der Waals surface area contributed by atoms with Gasteiger partial charge < -0.3 is 24.8 Å². The predicted octanol–water partition coefficient (Wildman–Crippen LogP) is 0.343. The Morgan fingerprint density at radius 1 is 0.909 bits per heavy atom. The van der Waals surface area contributed by atoms with Crippen LogP contribution >= 0.6 is 0 Å². The molecule has 0 fully saturated rings. The Bertz CT molecular complexity index is 462. The van der Waals surface area contributed by atoms with Crippen LogP contribution in [0.5, 0.6) is 11.5 Å². The molecule has 0 aliphatic rings. The fraction of sp³-hybridized carbons (Fsp3) is 0.467. The lowest BCUT2D eigenvalue weighted by atomic mass is 10.3. The van der Waals surface area contributed by atoms with Crippen LogP contribution in [0.2, 0.25) is 0 Å². The topological polar surface area (TPSA) is 85.9 Å². The van der Waals surface area contributed by atoms with Crippen molar-refractivity contribution in [2.45, 2.75) is 6.42 Å². The van der Waals surface area contributed by atoms with Gasteiger partial charge in [0.05, 0.1) is 13.7 Å². The maximum absolute atomic E-state index is 11.5. The summed E-state index contributed by atoms with van der Waals surface area (Å²) in [5.41, 5.74) is 0. The van der Waals surface area contributed by atoms with Crippen molar-refractivity contribution in [3.63, 3.8) is 0 Å². The molecule has 22 heavy (non-hydrogen) atoms. The maximum Gasteiger partial charge on any atom is 0.309 e. The zero-order valence-electron chi connectivity index (χ0n) is 12.9. The fourth-order valence-corrected chi connectivity index (χ4v) is 1.58. The van der Waals surface area contributed by atoms with Crippen molar-refractivity contribution in [1.82, 2.24) is 10.6 Å². The summed E-state index contributed by atoms with van der Waals surface area (Å²) < 4.78 is 15.3. The first-order valence-corrected chi connectivity index (χ1v) is 6.99. The fourth-order valence-electron chi connectivity index (χ4n) is 1.58.